The lowest BCUT2D eigenvalue weighted by Crippen LogP contribution is -2.16. The Bertz CT molecular complexity index is 745. The first-order valence-corrected chi connectivity index (χ1v) is 7.50. The van der Waals surface area contributed by atoms with Crippen molar-refractivity contribution >= 4 is 33.0 Å². The van der Waals surface area contributed by atoms with Crippen molar-refractivity contribution in [1.29, 1.82) is 0 Å². The van der Waals surface area contributed by atoms with E-state index in [0.29, 0.717) is 11.1 Å². The summed E-state index contributed by atoms with van der Waals surface area (Å²) in [5.41, 5.74) is 6.68. The van der Waals surface area contributed by atoms with E-state index in [2.05, 4.69) is 14.9 Å². The third-order valence-electron chi connectivity index (χ3n) is 2.56. The summed E-state index contributed by atoms with van der Waals surface area (Å²) >= 11 is 4.86. The molecule has 0 aliphatic heterocycles. The van der Waals surface area contributed by atoms with E-state index >= 15 is 0 Å². The van der Waals surface area contributed by atoms with Crippen molar-refractivity contribution in [2.45, 2.75) is 11.8 Å². The van der Waals surface area contributed by atoms with Gasteiger partial charge in [0.05, 0.1) is 4.90 Å². The molecule has 1 aromatic carbocycles. The molecule has 0 amide bonds. The fraction of sp³-hybridized carbons (Fsp3) is 0.0833. The summed E-state index contributed by atoms with van der Waals surface area (Å²) in [5, 5.41) is 7.30. The molecule has 1 heterocycles. The van der Waals surface area contributed by atoms with Gasteiger partial charge in [0, 0.05) is 11.8 Å². The maximum atomic E-state index is 12.3. The van der Waals surface area contributed by atoms with Gasteiger partial charge in [0.2, 0.25) is 0 Å². The van der Waals surface area contributed by atoms with E-state index in [0.717, 1.165) is 0 Å². The molecule has 20 heavy (non-hydrogen) atoms. The maximum Gasteiger partial charge on any atom is 0.263 e. The normalized spacial score (nSPS) is 11.1. The number of aromatic nitrogens is 2. The van der Waals surface area contributed by atoms with Crippen LogP contribution in [0.25, 0.3) is 0 Å². The molecular weight excluding hydrogens is 296 g/mol. The van der Waals surface area contributed by atoms with Crippen LogP contribution in [0.1, 0.15) is 11.1 Å². The standard InChI is InChI=1S/C12H12N4O2S2/c1-8-7-9(12(13)19)4-5-10(8)20(17,18)16-11-3-2-6-14-15-11/h2-7H,1H3,(H2,13,19)(H,15,16). The molecule has 6 nitrogen and oxygen atoms in total. The predicted octanol–water partition coefficient (Wildman–Crippen LogP) is 1.22. The molecule has 2 aromatic rings. The molecule has 104 valence electrons. The quantitative estimate of drug-likeness (QED) is 0.824. The third kappa shape index (κ3) is 3.09. The summed E-state index contributed by atoms with van der Waals surface area (Å²) in [4.78, 5) is 0.363. The molecule has 0 fully saturated rings. The molecule has 1 aromatic heterocycles. The molecule has 0 aliphatic rings. The minimum atomic E-state index is -3.72. The number of hydrogen-bond acceptors (Lipinski definition) is 5. The smallest absolute Gasteiger partial charge is 0.263 e. The average Bonchev–Trinajstić information content (AvgIpc) is 2.38. The van der Waals surface area contributed by atoms with Gasteiger partial charge in [0.25, 0.3) is 10.0 Å². The van der Waals surface area contributed by atoms with Gasteiger partial charge in [-0.2, -0.15) is 5.10 Å². The fourth-order valence-corrected chi connectivity index (χ4v) is 3.00. The number of aryl methyl sites for hydroxylation is 1. The molecule has 3 N–H and O–H groups in total. The molecule has 0 saturated carbocycles. The highest BCUT2D eigenvalue weighted by Gasteiger charge is 2.18. The van der Waals surface area contributed by atoms with E-state index in [-0.39, 0.29) is 15.7 Å². The van der Waals surface area contributed by atoms with Crippen molar-refractivity contribution in [1.82, 2.24) is 10.2 Å². The largest absolute Gasteiger partial charge is 0.389 e. The van der Waals surface area contributed by atoms with Crippen molar-refractivity contribution < 1.29 is 8.42 Å². The molecular formula is C12H12N4O2S2. The number of hydrogen-bond donors (Lipinski definition) is 2. The first-order valence-electron chi connectivity index (χ1n) is 5.61. The van der Waals surface area contributed by atoms with Crippen LogP contribution in [0.4, 0.5) is 5.82 Å². The van der Waals surface area contributed by atoms with Crippen LogP contribution in [-0.2, 0) is 10.0 Å². The Morgan fingerprint density at radius 1 is 1.35 bits per heavy atom. The second-order valence-corrected chi connectivity index (χ2v) is 6.15. The van der Waals surface area contributed by atoms with Gasteiger partial charge in [-0.3, -0.25) is 4.72 Å². The van der Waals surface area contributed by atoms with Crippen LogP contribution in [0.3, 0.4) is 0 Å². The second kappa shape index (κ2) is 5.51. The molecule has 2 rings (SSSR count). The van der Waals surface area contributed by atoms with Crippen LogP contribution in [0.15, 0.2) is 41.4 Å². The zero-order chi connectivity index (χ0) is 14.8. The topological polar surface area (TPSA) is 98.0 Å². The van der Waals surface area contributed by atoms with Gasteiger partial charge in [0.1, 0.15) is 4.99 Å². The van der Waals surface area contributed by atoms with Crippen molar-refractivity contribution in [3.8, 4) is 0 Å². The highest BCUT2D eigenvalue weighted by Crippen LogP contribution is 2.19. The Hall–Kier alpha value is -2.06. The number of nitrogens with one attached hydrogen (secondary N) is 1. The van der Waals surface area contributed by atoms with Gasteiger partial charge < -0.3 is 5.73 Å². The van der Waals surface area contributed by atoms with E-state index in [1.54, 1.807) is 25.1 Å². The lowest BCUT2D eigenvalue weighted by atomic mass is 10.1. The molecule has 0 bridgehead atoms. The van der Waals surface area contributed by atoms with Crippen molar-refractivity contribution in [2.24, 2.45) is 5.73 Å². The van der Waals surface area contributed by atoms with E-state index < -0.39 is 10.0 Å². The van der Waals surface area contributed by atoms with Crippen LogP contribution in [0, 0.1) is 6.92 Å². The third-order valence-corrected chi connectivity index (χ3v) is 4.31. The van der Waals surface area contributed by atoms with Crippen LogP contribution in [0.5, 0.6) is 0 Å². The average molecular weight is 308 g/mol. The van der Waals surface area contributed by atoms with E-state index in [1.165, 1.54) is 18.3 Å². The van der Waals surface area contributed by atoms with Gasteiger partial charge in [-0.15, -0.1) is 5.10 Å². The van der Waals surface area contributed by atoms with Gasteiger partial charge in [-0.05, 0) is 36.8 Å². The molecule has 0 radical (unpaired) electrons. The zero-order valence-corrected chi connectivity index (χ0v) is 12.2. The summed E-state index contributed by atoms with van der Waals surface area (Å²) < 4.78 is 26.9. The van der Waals surface area contributed by atoms with Gasteiger partial charge in [0.15, 0.2) is 5.82 Å². The van der Waals surface area contributed by atoms with Gasteiger partial charge in [-0.1, -0.05) is 18.3 Å². The minimum Gasteiger partial charge on any atom is -0.389 e. The second-order valence-electron chi connectivity index (χ2n) is 4.06. The number of rotatable bonds is 4. The number of thiocarbonyl (C=S) groups is 1. The minimum absolute atomic E-state index is 0.142. The Kier molecular flexibility index (Phi) is 3.96. The Balaban J connectivity index is 2.37. The summed E-state index contributed by atoms with van der Waals surface area (Å²) in [6.45, 7) is 1.67. The number of nitrogens with zero attached hydrogens (tertiary/aromatic N) is 2. The maximum absolute atomic E-state index is 12.3. The number of nitrogens with two attached hydrogens (primary N) is 1. The SMILES string of the molecule is Cc1cc(C(N)=S)ccc1S(=O)(=O)Nc1cccnn1. The van der Waals surface area contributed by atoms with Crippen LogP contribution >= 0.6 is 12.2 Å². The number of anilines is 1. The van der Waals surface area contributed by atoms with Crippen LogP contribution in [0.2, 0.25) is 0 Å². The van der Waals surface area contributed by atoms with Gasteiger partial charge in [-0.25, -0.2) is 8.42 Å². The Morgan fingerprint density at radius 3 is 2.65 bits per heavy atom. The van der Waals surface area contributed by atoms with Crippen molar-refractivity contribution in [3.05, 3.63) is 47.7 Å². The van der Waals surface area contributed by atoms with Gasteiger partial charge >= 0.3 is 0 Å². The van der Waals surface area contributed by atoms with Crippen LogP contribution in [-0.4, -0.2) is 23.6 Å². The Labute approximate surface area is 122 Å². The predicted molar refractivity (Wildman–Crippen MR) is 79.9 cm³/mol. The first kappa shape index (κ1) is 14.4. The summed E-state index contributed by atoms with van der Waals surface area (Å²) in [6.07, 6.45) is 1.46. The number of benzene rings is 1. The molecule has 8 heteroatoms. The molecule has 0 atom stereocenters. The van der Waals surface area contributed by atoms with Crippen molar-refractivity contribution in [3.63, 3.8) is 0 Å². The molecule has 0 aliphatic carbocycles. The monoisotopic (exact) mass is 308 g/mol. The molecule has 0 saturated heterocycles. The van der Waals surface area contributed by atoms with Crippen LogP contribution < -0.4 is 10.5 Å². The first-order chi connectivity index (χ1) is 9.40. The van der Waals surface area contributed by atoms with E-state index in [1.807, 2.05) is 0 Å². The highest BCUT2D eigenvalue weighted by atomic mass is 32.2. The molecule has 0 spiro atoms. The summed E-state index contributed by atoms with van der Waals surface area (Å²) in [7, 11) is -3.72. The van der Waals surface area contributed by atoms with E-state index in [9.17, 15) is 8.42 Å². The summed E-state index contributed by atoms with van der Waals surface area (Å²) in [6, 6.07) is 7.77. The highest BCUT2D eigenvalue weighted by molar-refractivity contribution is 7.92. The Morgan fingerprint density at radius 2 is 2.10 bits per heavy atom. The van der Waals surface area contributed by atoms with Crippen molar-refractivity contribution in [2.75, 3.05) is 4.72 Å². The lowest BCUT2D eigenvalue weighted by Gasteiger charge is -2.10. The summed E-state index contributed by atoms with van der Waals surface area (Å²) in [5.74, 6) is 0.158. The molecule has 0 unspecified atom stereocenters. The fourth-order valence-electron chi connectivity index (χ4n) is 1.65. The number of sulfonamides is 1. The van der Waals surface area contributed by atoms with E-state index in [4.69, 9.17) is 18.0 Å². The lowest BCUT2D eigenvalue weighted by molar-refractivity contribution is 0.600. The zero-order valence-electron chi connectivity index (χ0n) is 10.6.